The van der Waals surface area contributed by atoms with Crippen molar-refractivity contribution >= 4 is 22.7 Å². The summed E-state index contributed by atoms with van der Waals surface area (Å²) in [6.45, 7) is 1.71. The van der Waals surface area contributed by atoms with Crippen LogP contribution < -0.4 is 9.64 Å². The van der Waals surface area contributed by atoms with Gasteiger partial charge in [-0.2, -0.15) is 5.10 Å². The van der Waals surface area contributed by atoms with E-state index in [0.717, 1.165) is 11.3 Å². The number of ether oxygens (including phenoxy) is 2. The third-order valence-electron chi connectivity index (χ3n) is 5.02. The van der Waals surface area contributed by atoms with Crippen LogP contribution in [0.5, 0.6) is 5.75 Å². The number of benzene rings is 1. The molecule has 0 bridgehead atoms. The molecule has 9 heteroatoms. The molecule has 4 rings (SSSR count). The molecular weight excluding hydrogens is 376 g/mol. The van der Waals surface area contributed by atoms with Crippen LogP contribution in [0.25, 0.3) is 11.0 Å². The molecule has 0 spiro atoms. The molecular formula is C20H22N4O5. The Morgan fingerprint density at radius 2 is 2.10 bits per heavy atom. The molecule has 0 radical (unpaired) electrons. The van der Waals surface area contributed by atoms with Crippen LogP contribution in [-0.4, -0.2) is 70.5 Å². The third-order valence-corrected chi connectivity index (χ3v) is 5.02. The number of hydrogen-bond acceptors (Lipinski definition) is 7. The second kappa shape index (κ2) is 8.06. The van der Waals surface area contributed by atoms with Gasteiger partial charge in [0.15, 0.2) is 5.65 Å². The van der Waals surface area contributed by atoms with Crippen LogP contribution >= 0.6 is 0 Å². The second-order valence-corrected chi connectivity index (χ2v) is 6.83. The predicted molar refractivity (Wildman–Crippen MR) is 106 cm³/mol. The Morgan fingerprint density at radius 1 is 1.31 bits per heavy atom. The first kappa shape index (κ1) is 19.2. The van der Waals surface area contributed by atoms with E-state index in [1.807, 2.05) is 29.2 Å². The summed E-state index contributed by atoms with van der Waals surface area (Å²) >= 11 is 0. The fourth-order valence-electron chi connectivity index (χ4n) is 3.56. The minimum Gasteiger partial charge on any atom is -0.497 e. The Hall–Kier alpha value is -3.17. The lowest BCUT2D eigenvalue weighted by Crippen LogP contribution is -2.44. The number of hydrogen-bond donors (Lipinski definition) is 2. The van der Waals surface area contributed by atoms with Crippen LogP contribution in [0.3, 0.4) is 0 Å². The maximum Gasteiger partial charge on any atom is 0.339 e. The van der Waals surface area contributed by atoms with E-state index in [-0.39, 0.29) is 18.3 Å². The Labute approximate surface area is 167 Å². The number of nitrogens with zero attached hydrogens (tertiary/aromatic N) is 4. The fourth-order valence-corrected chi connectivity index (χ4v) is 3.56. The summed E-state index contributed by atoms with van der Waals surface area (Å²) in [5.74, 6) is -0.277. The second-order valence-electron chi connectivity index (χ2n) is 6.83. The Bertz CT molecular complexity index is 1020. The van der Waals surface area contributed by atoms with Crippen molar-refractivity contribution < 1.29 is 24.5 Å². The lowest BCUT2D eigenvalue weighted by molar-refractivity contribution is 0.00356. The first-order valence-corrected chi connectivity index (χ1v) is 9.29. The fraction of sp³-hybridized carbons (Fsp3) is 0.350. The third kappa shape index (κ3) is 3.74. The number of carboxylic acid groups (broad SMARTS) is 1. The number of aromatic carboxylic acids is 1. The molecule has 0 saturated carbocycles. The summed E-state index contributed by atoms with van der Waals surface area (Å²) < 4.78 is 12.4. The largest absolute Gasteiger partial charge is 0.497 e. The normalized spacial score (nSPS) is 16.9. The highest BCUT2D eigenvalue weighted by molar-refractivity contribution is 6.03. The molecule has 0 amide bonds. The standard InChI is InChI=1S/C20H22N4O5/c1-28-14-4-2-13(3-5-14)10-24-19-16(9-22-24)18(17(8-21-19)20(26)27)23-6-7-29-15(11-23)12-25/h2-5,8-9,15,25H,6-7,10-12H2,1H3,(H,26,27). The van der Waals surface area contributed by atoms with E-state index in [4.69, 9.17) is 9.47 Å². The summed E-state index contributed by atoms with van der Waals surface area (Å²) in [4.78, 5) is 18.1. The van der Waals surface area contributed by atoms with Gasteiger partial charge in [-0.15, -0.1) is 0 Å². The number of anilines is 1. The molecule has 1 aliphatic rings. The maximum absolute atomic E-state index is 11.8. The molecule has 2 N–H and O–H groups in total. The molecule has 0 aliphatic carbocycles. The molecule has 3 aromatic rings. The van der Waals surface area contributed by atoms with Gasteiger partial charge in [-0.25, -0.2) is 14.5 Å². The lowest BCUT2D eigenvalue weighted by Gasteiger charge is -2.34. The molecule has 1 fully saturated rings. The quantitative estimate of drug-likeness (QED) is 0.641. The SMILES string of the molecule is COc1ccc(Cn2ncc3c(N4CCOC(CO)C4)c(C(=O)O)cnc32)cc1. The number of carbonyl (C=O) groups is 1. The summed E-state index contributed by atoms with van der Waals surface area (Å²) in [6, 6.07) is 7.66. The van der Waals surface area contributed by atoms with E-state index >= 15 is 0 Å². The first-order chi connectivity index (χ1) is 14.1. The zero-order chi connectivity index (χ0) is 20.4. The van der Waals surface area contributed by atoms with Gasteiger partial charge in [0.25, 0.3) is 0 Å². The molecule has 1 aliphatic heterocycles. The number of fused-ring (bicyclic) bond motifs is 1. The van der Waals surface area contributed by atoms with Crippen LogP contribution in [0, 0.1) is 0 Å². The maximum atomic E-state index is 11.8. The van der Waals surface area contributed by atoms with Gasteiger partial charge in [0, 0.05) is 19.3 Å². The molecule has 1 aromatic carbocycles. The van der Waals surface area contributed by atoms with E-state index in [2.05, 4.69) is 10.1 Å². The highest BCUT2D eigenvalue weighted by atomic mass is 16.5. The van der Waals surface area contributed by atoms with Crippen molar-refractivity contribution in [2.75, 3.05) is 38.3 Å². The lowest BCUT2D eigenvalue weighted by atomic mass is 10.1. The zero-order valence-electron chi connectivity index (χ0n) is 16.0. The number of aliphatic hydroxyl groups is 1. The minimum absolute atomic E-state index is 0.111. The van der Waals surface area contributed by atoms with Crippen molar-refractivity contribution in [1.82, 2.24) is 14.8 Å². The van der Waals surface area contributed by atoms with E-state index in [0.29, 0.717) is 43.0 Å². The van der Waals surface area contributed by atoms with Gasteiger partial charge in [-0.05, 0) is 17.7 Å². The molecule has 1 unspecified atom stereocenters. The average molecular weight is 398 g/mol. The monoisotopic (exact) mass is 398 g/mol. The van der Waals surface area contributed by atoms with Crippen molar-refractivity contribution in [1.29, 1.82) is 0 Å². The number of methoxy groups -OCH3 is 1. The molecule has 9 nitrogen and oxygen atoms in total. The number of aromatic nitrogens is 3. The van der Waals surface area contributed by atoms with Gasteiger partial charge in [-0.1, -0.05) is 12.1 Å². The Morgan fingerprint density at radius 3 is 2.79 bits per heavy atom. The van der Waals surface area contributed by atoms with Crippen molar-refractivity contribution in [2.24, 2.45) is 0 Å². The highest BCUT2D eigenvalue weighted by Gasteiger charge is 2.27. The first-order valence-electron chi connectivity index (χ1n) is 9.29. The average Bonchev–Trinajstić information content (AvgIpc) is 3.16. The van der Waals surface area contributed by atoms with Crippen LogP contribution in [0.15, 0.2) is 36.7 Å². The number of pyridine rings is 1. The van der Waals surface area contributed by atoms with Crippen molar-refractivity contribution in [2.45, 2.75) is 12.6 Å². The number of carboxylic acids is 1. The van der Waals surface area contributed by atoms with Crippen LogP contribution in [0.1, 0.15) is 15.9 Å². The van der Waals surface area contributed by atoms with Crippen molar-refractivity contribution in [3.8, 4) is 5.75 Å². The predicted octanol–water partition coefficient (Wildman–Crippen LogP) is 1.38. The molecule has 152 valence electrons. The van der Waals surface area contributed by atoms with Crippen molar-refractivity contribution in [3.05, 3.63) is 47.8 Å². The Kier molecular flexibility index (Phi) is 5.32. The molecule has 1 saturated heterocycles. The summed E-state index contributed by atoms with van der Waals surface area (Å²) in [5, 5.41) is 24.2. The van der Waals surface area contributed by atoms with Gasteiger partial charge in [0.05, 0.1) is 50.2 Å². The minimum atomic E-state index is -1.05. The van der Waals surface area contributed by atoms with Gasteiger partial charge in [0.1, 0.15) is 11.3 Å². The van der Waals surface area contributed by atoms with E-state index < -0.39 is 5.97 Å². The summed E-state index contributed by atoms with van der Waals surface area (Å²) in [6.07, 6.45) is 2.66. The van der Waals surface area contributed by atoms with Gasteiger partial charge in [-0.3, -0.25) is 0 Å². The van der Waals surface area contributed by atoms with E-state index in [1.165, 1.54) is 6.20 Å². The molecule has 1 atom stereocenters. The molecule has 2 aromatic heterocycles. The number of rotatable bonds is 6. The topological polar surface area (TPSA) is 110 Å². The van der Waals surface area contributed by atoms with Crippen LogP contribution in [-0.2, 0) is 11.3 Å². The van der Waals surface area contributed by atoms with Gasteiger partial charge < -0.3 is 24.6 Å². The Balaban J connectivity index is 1.73. The zero-order valence-corrected chi connectivity index (χ0v) is 16.0. The highest BCUT2D eigenvalue weighted by Crippen LogP contribution is 2.31. The number of morpholine rings is 1. The van der Waals surface area contributed by atoms with Gasteiger partial charge >= 0.3 is 5.97 Å². The van der Waals surface area contributed by atoms with Crippen LogP contribution in [0.4, 0.5) is 5.69 Å². The van der Waals surface area contributed by atoms with E-state index in [1.54, 1.807) is 18.0 Å². The van der Waals surface area contributed by atoms with E-state index in [9.17, 15) is 15.0 Å². The molecule has 29 heavy (non-hydrogen) atoms. The smallest absolute Gasteiger partial charge is 0.339 e. The molecule has 3 heterocycles. The summed E-state index contributed by atoms with van der Waals surface area (Å²) in [5.41, 5.74) is 2.30. The summed E-state index contributed by atoms with van der Waals surface area (Å²) in [7, 11) is 1.62. The number of aliphatic hydroxyl groups excluding tert-OH is 1. The van der Waals surface area contributed by atoms with Crippen LogP contribution in [0.2, 0.25) is 0 Å². The van der Waals surface area contributed by atoms with Gasteiger partial charge in [0.2, 0.25) is 0 Å². The van der Waals surface area contributed by atoms with Crippen molar-refractivity contribution in [3.63, 3.8) is 0 Å².